The molecule has 4 rings (SSSR count). The summed E-state index contributed by atoms with van der Waals surface area (Å²) in [5.41, 5.74) is 1.76. The fourth-order valence-corrected chi connectivity index (χ4v) is 6.27. The third-order valence-corrected chi connectivity index (χ3v) is 7.72. The Kier molecular flexibility index (Phi) is 7.35. The highest BCUT2D eigenvalue weighted by Gasteiger charge is 2.39. The molecule has 0 aromatic rings. The van der Waals surface area contributed by atoms with Crippen LogP contribution < -0.4 is 0 Å². The van der Waals surface area contributed by atoms with E-state index in [9.17, 15) is 0 Å². The average molecular weight is 389 g/mol. The SMILES string of the molecule is CCCCN1CCCN2C=C(C3CCCC4N(CCCC)CCCN34)CCC21. The lowest BCUT2D eigenvalue weighted by atomic mass is 9.87. The zero-order chi connectivity index (χ0) is 19.3. The molecule has 160 valence electrons. The molecule has 0 amide bonds. The molecule has 3 atom stereocenters. The van der Waals surface area contributed by atoms with Gasteiger partial charge in [-0.3, -0.25) is 14.7 Å². The molecule has 0 radical (unpaired) electrons. The van der Waals surface area contributed by atoms with Crippen molar-refractivity contribution in [1.29, 1.82) is 0 Å². The first kappa shape index (κ1) is 20.7. The lowest BCUT2D eigenvalue weighted by Crippen LogP contribution is -2.60. The molecule has 4 aliphatic rings. The van der Waals surface area contributed by atoms with Crippen LogP contribution in [-0.4, -0.2) is 77.2 Å². The maximum atomic E-state index is 2.91. The van der Waals surface area contributed by atoms with Gasteiger partial charge in [-0.2, -0.15) is 0 Å². The van der Waals surface area contributed by atoms with Crippen LogP contribution in [0.5, 0.6) is 0 Å². The molecule has 4 heteroatoms. The Morgan fingerprint density at radius 2 is 1.50 bits per heavy atom. The molecule has 0 aromatic carbocycles. The number of piperidine rings is 1. The molecule has 4 heterocycles. The van der Waals surface area contributed by atoms with Crippen molar-refractivity contribution in [2.24, 2.45) is 0 Å². The largest absolute Gasteiger partial charge is 0.362 e. The van der Waals surface area contributed by atoms with Crippen molar-refractivity contribution in [3.63, 3.8) is 0 Å². The van der Waals surface area contributed by atoms with Gasteiger partial charge in [0.05, 0.1) is 12.3 Å². The van der Waals surface area contributed by atoms with Gasteiger partial charge in [-0.25, -0.2) is 0 Å². The van der Waals surface area contributed by atoms with Gasteiger partial charge in [-0.15, -0.1) is 0 Å². The molecule has 0 spiro atoms. The second kappa shape index (κ2) is 9.95. The molecule has 28 heavy (non-hydrogen) atoms. The Labute approximate surface area is 173 Å². The molecule has 0 saturated carbocycles. The van der Waals surface area contributed by atoms with E-state index in [-0.39, 0.29) is 0 Å². The monoisotopic (exact) mass is 388 g/mol. The van der Waals surface area contributed by atoms with E-state index in [1.54, 1.807) is 5.57 Å². The predicted molar refractivity (Wildman–Crippen MR) is 118 cm³/mol. The highest BCUT2D eigenvalue weighted by molar-refractivity contribution is 5.17. The Morgan fingerprint density at radius 1 is 0.786 bits per heavy atom. The van der Waals surface area contributed by atoms with E-state index in [2.05, 4.69) is 39.6 Å². The lowest BCUT2D eigenvalue weighted by Gasteiger charge is -2.53. The Morgan fingerprint density at radius 3 is 2.25 bits per heavy atom. The van der Waals surface area contributed by atoms with E-state index in [4.69, 9.17) is 0 Å². The van der Waals surface area contributed by atoms with Crippen LogP contribution >= 0.6 is 0 Å². The zero-order valence-corrected chi connectivity index (χ0v) is 18.6. The molecule has 4 nitrogen and oxygen atoms in total. The van der Waals surface area contributed by atoms with Gasteiger partial charge in [0, 0.05) is 45.0 Å². The van der Waals surface area contributed by atoms with Crippen molar-refractivity contribution in [2.75, 3.05) is 39.3 Å². The standard InChI is InChI=1S/C24H44N4/c1-3-5-14-25-16-8-18-27-20-21(12-13-23(25)27)22-10-7-11-24-26(15-6-4-2)17-9-19-28(22)24/h20,22-24H,3-19H2,1-2H3. The Hall–Kier alpha value is -0.580. The van der Waals surface area contributed by atoms with Crippen LogP contribution in [0.2, 0.25) is 0 Å². The van der Waals surface area contributed by atoms with Gasteiger partial charge in [0.15, 0.2) is 0 Å². The quantitative estimate of drug-likeness (QED) is 0.637. The van der Waals surface area contributed by atoms with Gasteiger partial charge in [0.25, 0.3) is 0 Å². The molecular formula is C24H44N4. The van der Waals surface area contributed by atoms with Gasteiger partial charge in [-0.05, 0) is 69.9 Å². The first-order valence-electron chi connectivity index (χ1n) is 12.5. The predicted octanol–water partition coefficient (Wildman–Crippen LogP) is 4.48. The average Bonchev–Trinajstić information content (AvgIpc) is 2.75. The molecule has 0 N–H and O–H groups in total. The second-order valence-electron chi connectivity index (χ2n) is 9.61. The summed E-state index contributed by atoms with van der Waals surface area (Å²) in [4.78, 5) is 11.2. The van der Waals surface area contributed by atoms with Gasteiger partial charge in [0.2, 0.25) is 0 Å². The van der Waals surface area contributed by atoms with Crippen molar-refractivity contribution >= 4 is 0 Å². The minimum atomic E-state index is 0.686. The highest BCUT2D eigenvalue weighted by atomic mass is 15.4. The van der Waals surface area contributed by atoms with Crippen LogP contribution in [0.3, 0.4) is 0 Å². The van der Waals surface area contributed by atoms with Crippen molar-refractivity contribution < 1.29 is 0 Å². The number of nitrogens with zero attached hydrogens (tertiary/aromatic N) is 4. The van der Waals surface area contributed by atoms with E-state index in [1.807, 2.05) is 0 Å². The summed E-state index contributed by atoms with van der Waals surface area (Å²) in [6.45, 7) is 12.5. The summed E-state index contributed by atoms with van der Waals surface area (Å²) in [6, 6.07) is 0.718. The molecule has 0 aliphatic carbocycles. The van der Waals surface area contributed by atoms with Gasteiger partial charge in [-0.1, -0.05) is 26.7 Å². The molecular weight excluding hydrogens is 344 g/mol. The fourth-order valence-electron chi connectivity index (χ4n) is 6.27. The Bertz CT molecular complexity index is 519. The van der Waals surface area contributed by atoms with Gasteiger partial charge >= 0.3 is 0 Å². The second-order valence-corrected chi connectivity index (χ2v) is 9.61. The maximum Gasteiger partial charge on any atom is 0.0818 e. The minimum absolute atomic E-state index is 0.686. The van der Waals surface area contributed by atoms with E-state index < -0.39 is 0 Å². The zero-order valence-electron chi connectivity index (χ0n) is 18.6. The topological polar surface area (TPSA) is 13.0 Å². The molecule has 3 unspecified atom stereocenters. The normalized spacial score (nSPS) is 32.7. The van der Waals surface area contributed by atoms with E-state index in [0.717, 1.165) is 12.2 Å². The maximum absolute atomic E-state index is 2.91. The molecule has 0 aromatic heterocycles. The summed E-state index contributed by atoms with van der Waals surface area (Å²) < 4.78 is 0. The number of unbranched alkanes of at least 4 members (excludes halogenated alkanes) is 2. The summed E-state index contributed by atoms with van der Waals surface area (Å²) in [5.74, 6) is 0. The minimum Gasteiger partial charge on any atom is -0.362 e. The van der Waals surface area contributed by atoms with Crippen LogP contribution in [0.25, 0.3) is 0 Å². The van der Waals surface area contributed by atoms with E-state index in [1.165, 1.54) is 110 Å². The number of rotatable bonds is 7. The molecule has 4 aliphatic heterocycles. The van der Waals surface area contributed by atoms with Crippen LogP contribution in [0.1, 0.15) is 84.5 Å². The number of fused-ring (bicyclic) bond motifs is 2. The van der Waals surface area contributed by atoms with Crippen molar-refractivity contribution in [1.82, 2.24) is 19.6 Å². The number of hydrogen-bond donors (Lipinski definition) is 0. The summed E-state index contributed by atoms with van der Waals surface area (Å²) >= 11 is 0. The van der Waals surface area contributed by atoms with Crippen molar-refractivity contribution in [3.05, 3.63) is 11.8 Å². The third kappa shape index (κ3) is 4.44. The van der Waals surface area contributed by atoms with Gasteiger partial charge in [0.1, 0.15) is 0 Å². The van der Waals surface area contributed by atoms with E-state index >= 15 is 0 Å². The van der Waals surface area contributed by atoms with Crippen LogP contribution in [0.4, 0.5) is 0 Å². The molecule has 3 saturated heterocycles. The Balaban J connectivity index is 1.44. The first-order chi connectivity index (χ1) is 13.8. The fraction of sp³-hybridized carbons (Fsp3) is 0.917. The van der Waals surface area contributed by atoms with Gasteiger partial charge < -0.3 is 4.90 Å². The first-order valence-corrected chi connectivity index (χ1v) is 12.5. The van der Waals surface area contributed by atoms with Crippen LogP contribution in [0, 0.1) is 0 Å². The summed E-state index contributed by atoms with van der Waals surface area (Å²) in [7, 11) is 0. The lowest BCUT2D eigenvalue weighted by molar-refractivity contribution is -0.0470. The summed E-state index contributed by atoms with van der Waals surface area (Å²) in [5, 5.41) is 0. The van der Waals surface area contributed by atoms with Crippen LogP contribution in [-0.2, 0) is 0 Å². The third-order valence-electron chi connectivity index (χ3n) is 7.72. The number of hydrogen-bond acceptors (Lipinski definition) is 4. The molecule has 0 bridgehead atoms. The van der Waals surface area contributed by atoms with E-state index in [0.29, 0.717) is 6.17 Å². The van der Waals surface area contributed by atoms with Crippen LogP contribution in [0.15, 0.2) is 11.8 Å². The van der Waals surface area contributed by atoms with Crippen molar-refractivity contribution in [3.8, 4) is 0 Å². The van der Waals surface area contributed by atoms with Crippen molar-refractivity contribution in [2.45, 2.75) is 103 Å². The molecule has 3 fully saturated rings. The smallest absolute Gasteiger partial charge is 0.0818 e. The summed E-state index contributed by atoms with van der Waals surface area (Å²) in [6.07, 6.45) is 19.0. The highest BCUT2D eigenvalue weighted by Crippen LogP contribution is 2.37.